The number of carbonyl (C=O) groups is 2. The Balaban J connectivity index is 1.33. The molecule has 8 nitrogen and oxygen atoms in total. The van der Waals surface area contributed by atoms with Gasteiger partial charge in [-0.05, 0) is 30.3 Å². The van der Waals surface area contributed by atoms with Crippen LogP contribution in [-0.2, 0) is 16.1 Å². The monoisotopic (exact) mass is 410 g/mol. The van der Waals surface area contributed by atoms with Gasteiger partial charge in [0, 0.05) is 61.6 Å². The van der Waals surface area contributed by atoms with Gasteiger partial charge in [0.15, 0.2) is 11.6 Å². The van der Waals surface area contributed by atoms with Crippen LogP contribution in [0.5, 0.6) is 0 Å². The average molecular weight is 411 g/mol. The van der Waals surface area contributed by atoms with Crippen molar-refractivity contribution in [1.29, 1.82) is 0 Å². The summed E-state index contributed by atoms with van der Waals surface area (Å²) in [5.41, 5.74) is 0.751. The van der Waals surface area contributed by atoms with E-state index in [0.29, 0.717) is 36.3 Å². The number of anilines is 1. The van der Waals surface area contributed by atoms with E-state index in [-0.39, 0.29) is 24.2 Å². The summed E-state index contributed by atoms with van der Waals surface area (Å²) < 4.78 is 1.88. The molecule has 3 heterocycles. The molecule has 1 atom stereocenters. The Labute approximate surface area is 172 Å². The highest BCUT2D eigenvalue weighted by Gasteiger charge is 2.34. The zero-order chi connectivity index (χ0) is 20.2. The number of carbonyl (C=O) groups excluding carboxylic acids is 2. The molecule has 0 radical (unpaired) electrons. The van der Waals surface area contributed by atoms with E-state index in [1.807, 2.05) is 10.8 Å². The largest absolute Gasteiger partial charge is 0.354 e. The first-order valence-corrected chi connectivity index (χ1v) is 9.62. The molecular weight excluding hydrogens is 392 g/mol. The van der Waals surface area contributed by atoms with Crippen LogP contribution in [0.15, 0.2) is 55.1 Å². The fourth-order valence-corrected chi connectivity index (χ4v) is 3.43. The Morgan fingerprint density at radius 1 is 1.14 bits per heavy atom. The fourth-order valence-electron chi connectivity index (χ4n) is 3.31. The molecule has 0 saturated carbocycles. The number of halogens is 1. The molecule has 1 N–H and O–H groups in total. The van der Waals surface area contributed by atoms with Gasteiger partial charge in [0.2, 0.25) is 11.8 Å². The molecule has 29 heavy (non-hydrogen) atoms. The number of amides is 2. The Hall–Kier alpha value is -3.26. The maximum Gasteiger partial charge on any atom is 0.227 e. The Kier molecular flexibility index (Phi) is 5.53. The zero-order valence-corrected chi connectivity index (χ0v) is 16.3. The van der Waals surface area contributed by atoms with E-state index in [4.69, 9.17) is 11.6 Å². The Morgan fingerprint density at radius 3 is 2.66 bits per heavy atom. The average Bonchev–Trinajstić information content (AvgIpc) is 3.36. The summed E-state index contributed by atoms with van der Waals surface area (Å²) in [7, 11) is 0. The predicted molar refractivity (Wildman–Crippen MR) is 108 cm³/mol. The van der Waals surface area contributed by atoms with Crippen molar-refractivity contribution in [3.63, 3.8) is 0 Å². The van der Waals surface area contributed by atoms with Gasteiger partial charge in [-0.3, -0.25) is 9.59 Å². The van der Waals surface area contributed by atoms with Gasteiger partial charge >= 0.3 is 0 Å². The van der Waals surface area contributed by atoms with Gasteiger partial charge in [-0.15, -0.1) is 0 Å². The van der Waals surface area contributed by atoms with Gasteiger partial charge in [0.1, 0.15) is 0 Å². The Morgan fingerprint density at radius 2 is 1.90 bits per heavy atom. The molecule has 1 unspecified atom stereocenters. The third-order valence-corrected chi connectivity index (χ3v) is 5.02. The minimum Gasteiger partial charge on any atom is -0.354 e. The third kappa shape index (κ3) is 4.27. The second kappa shape index (κ2) is 8.40. The van der Waals surface area contributed by atoms with Gasteiger partial charge in [0.25, 0.3) is 0 Å². The summed E-state index contributed by atoms with van der Waals surface area (Å²) in [6.07, 6.45) is 7.01. The van der Waals surface area contributed by atoms with E-state index in [1.165, 1.54) is 0 Å². The lowest BCUT2D eigenvalue weighted by atomic mass is 10.1. The van der Waals surface area contributed by atoms with Gasteiger partial charge in [0.05, 0.1) is 5.92 Å². The lowest BCUT2D eigenvalue weighted by Gasteiger charge is -2.17. The van der Waals surface area contributed by atoms with Crippen LogP contribution in [0.4, 0.5) is 5.69 Å². The van der Waals surface area contributed by atoms with Crippen molar-refractivity contribution < 1.29 is 9.59 Å². The summed E-state index contributed by atoms with van der Waals surface area (Å²) in [6.45, 7) is 1.31. The molecule has 0 aliphatic carbocycles. The van der Waals surface area contributed by atoms with Crippen LogP contribution in [0.2, 0.25) is 5.02 Å². The summed E-state index contributed by atoms with van der Waals surface area (Å²) in [6, 6.07) is 8.78. The molecule has 1 aliphatic heterocycles. The predicted octanol–water partition coefficient (Wildman–Crippen LogP) is 2.16. The number of imidazole rings is 1. The zero-order valence-electron chi connectivity index (χ0n) is 15.5. The van der Waals surface area contributed by atoms with Crippen molar-refractivity contribution in [1.82, 2.24) is 24.8 Å². The maximum atomic E-state index is 12.5. The second-order valence-corrected chi connectivity index (χ2v) is 7.13. The molecule has 0 bridgehead atoms. The van der Waals surface area contributed by atoms with Crippen LogP contribution in [0.25, 0.3) is 11.6 Å². The van der Waals surface area contributed by atoms with E-state index in [2.05, 4.69) is 20.3 Å². The molecule has 1 saturated heterocycles. The third-order valence-electron chi connectivity index (χ3n) is 4.77. The number of nitrogens with zero attached hydrogens (tertiary/aromatic N) is 5. The molecule has 9 heteroatoms. The van der Waals surface area contributed by atoms with Gasteiger partial charge in [-0.2, -0.15) is 0 Å². The van der Waals surface area contributed by atoms with E-state index in [0.717, 1.165) is 5.69 Å². The molecule has 1 aliphatic rings. The summed E-state index contributed by atoms with van der Waals surface area (Å²) in [5, 5.41) is 3.52. The van der Waals surface area contributed by atoms with Crippen molar-refractivity contribution in [2.45, 2.75) is 13.0 Å². The normalized spacial score (nSPS) is 16.2. The van der Waals surface area contributed by atoms with Crippen LogP contribution in [0.1, 0.15) is 6.42 Å². The number of nitrogens with one attached hydrogen (secondary N) is 1. The van der Waals surface area contributed by atoms with Crippen molar-refractivity contribution in [3.8, 4) is 11.6 Å². The maximum absolute atomic E-state index is 12.5. The van der Waals surface area contributed by atoms with Crippen LogP contribution in [0, 0.1) is 5.92 Å². The minimum atomic E-state index is -0.377. The summed E-state index contributed by atoms with van der Waals surface area (Å²) >= 11 is 5.90. The van der Waals surface area contributed by atoms with E-state index in [1.54, 1.807) is 53.8 Å². The van der Waals surface area contributed by atoms with Gasteiger partial charge in [-0.25, -0.2) is 15.0 Å². The van der Waals surface area contributed by atoms with Crippen LogP contribution < -0.4 is 10.2 Å². The number of aromatic nitrogens is 4. The van der Waals surface area contributed by atoms with Crippen LogP contribution in [0.3, 0.4) is 0 Å². The molecular formula is C20H19ClN6O2. The first-order chi connectivity index (χ1) is 14.1. The molecule has 2 aromatic heterocycles. The topological polar surface area (TPSA) is 93.0 Å². The summed E-state index contributed by atoms with van der Waals surface area (Å²) in [5.74, 6) is 0.601. The Bertz CT molecular complexity index is 1010. The molecule has 1 fully saturated rings. The van der Waals surface area contributed by atoms with Crippen molar-refractivity contribution in [2.24, 2.45) is 5.92 Å². The smallest absolute Gasteiger partial charge is 0.227 e. The second-order valence-electron chi connectivity index (χ2n) is 6.69. The number of hydrogen-bond donors (Lipinski definition) is 1. The van der Waals surface area contributed by atoms with Crippen LogP contribution >= 0.6 is 11.6 Å². The highest BCUT2D eigenvalue weighted by Crippen LogP contribution is 2.26. The van der Waals surface area contributed by atoms with E-state index >= 15 is 0 Å². The molecule has 1 aromatic carbocycles. The highest BCUT2D eigenvalue weighted by molar-refractivity contribution is 6.30. The molecule has 2 amide bonds. The van der Waals surface area contributed by atoms with Crippen molar-refractivity contribution in [3.05, 3.63) is 60.1 Å². The fraction of sp³-hybridized carbons (Fsp3) is 0.250. The van der Waals surface area contributed by atoms with Gasteiger partial charge in [-0.1, -0.05) is 11.6 Å². The molecule has 148 valence electrons. The molecule has 3 aromatic rings. The molecule has 4 rings (SSSR count). The lowest BCUT2D eigenvalue weighted by molar-refractivity contribution is -0.126. The number of benzene rings is 1. The molecule has 0 spiro atoms. The minimum absolute atomic E-state index is 0.0643. The number of hydrogen-bond acceptors (Lipinski definition) is 5. The summed E-state index contributed by atoms with van der Waals surface area (Å²) in [4.78, 5) is 39.2. The number of rotatable bonds is 6. The SMILES string of the molecule is O=C(NCCn1ccnc1-c1ncccn1)C1CC(=O)N(c2ccc(Cl)cc2)C1. The van der Waals surface area contributed by atoms with Gasteiger partial charge < -0.3 is 14.8 Å². The van der Waals surface area contributed by atoms with Crippen molar-refractivity contribution >= 4 is 29.1 Å². The first kappa shape index (κ1) is 19.1. The quantitative estimate of drug-likeness (QED) is 0.672. The van der Waals surface area contributed by atoms with E-state index < -0.39 is 0 Å². The van der Waals surface area contributed by atoms with E-state index in [9.17, 15) is 9.59 Å². The van der Waals surface area contributed by atoms with Crippen molar-refractivity contribution in [2.75, 3.05) is 18.0 Å². The standard InChI is InChI=1S/C20H19ClN6O2/c21-15-2-4-16(5-3-15)27-13-14(12-17(27)28)20(29)25-9-11-26-10-8-24-19(26)18-22-6-1-7-23-18/h1-8,10,14H,9,11-13H2,(H,25,29). The highest BCUT2D eigenvalue weighted by atomic mass is 35.5. The van der Waals surface area contributed by atoms with Crippen LogP contribution in [-0.4, -0.2) is 44.4 Å². The lowest BCUT2D eigenvalue weighted by Crippen LogP contribution is -2.34. The first-order valence-electron chi connectivity index (χ1n) is 9.24.